The normalized spacial score (nSPS) is 11.0. The highest BCUT2D eigenvalue weighted by atomic mass is 15.0. The maximum absolute atomic E-state index is 5.80. The molecule has 0 saturated carbocycles. The van der Waals surface area contributed by atoms with E-state index in [-0.39, 0.29) is 0 Å². The summed E-state index contributed by atoms with van der Waals surface area (Å²) < 4.78 is 4.60. The smallest absolute Gasteiger partial charge is 0.180 e. The van der Waals surface area contributed by atoms with Gasteiger partial charge in [0, 0.05) is 62.3 Å². The SMILES string of the molecule is Cc1cc(N)cc[n+]1CCCCCCCCCC[n+]1ccc(N)cc1C. The highest BCUT2D eigenvalue weighted by Gasteiger charge is 2.06. The first-order valence-corrected chi connectivity index (χ1v) is 10.1. The summed E-state index contributed by atoms with van der Waals surface area (Å²) in [6, 6.07) is 8.06. The molecule has 0 fully saturated rings. The lowest BCUT2D eigenvalue weighted by atomic mass is 10.1. The molecule has 0 unspecified atom stereocenters. The number of aromatic nitrogens is 2. The fourth-order valence-corrected chi connectivity index (χ4v) is 3.46. The molecule has 142 valence electrons. The van der Waals surface area contributed by atoms with Crippen LogP contribution >= 0.6 is 0 Å². The maximum Gasteiger partial charge on any atom is 0.180 e. The Balaban J connectivity index is 1.47. The molecule has 0 aromatic carbocycles. The molecule has 4 nitrogen and oxygen atoms in total. The first-order valence-electron chi connectivity index (χ1n) is 10.1. The first kappa shape index (κ1) is 20.2. The number of nitrogen functional groups attached to an aromatic ring is 2. The van der Waals surface area contributed by atoms with Crippen LogP contribution in [0.5, 0.6) is 0 Å². The lowest BCUT2D eigenvalue weighted by molar-refractivity contribution is -0.703. The van der Waals surface area contributed by atoms with Gasteiger partial charge in [-0.2, -0.15) is 0 Å². The Morgan fingerprint density at radius 1 is 0.615 bits per heavy atom. The van der Waals surface area contributed by atoms with Crippen LogP contribution in [0.3, 0.4) is 0 Å². The summed E-state index contributed by atoms with van der Waals surface area (Å²) in [6.07, 6.45) is 14.8. The molecule has 2 aromatic rings. The summed E-state index contributed by atoms with van der Waals surface area (Å²) in [5.74, 6) is 0. The van der Waals surface area contributed by atoms with Crippen LogP contribution in [-0.4, -0.2) is 0 Å². The third-order valence-corrected chi connectivity index (χ3v) is 5.10. The van der Waals surface area contributed by atoms with E-state index in [2.05, 4.69) is 35.4 Å². The zero-order chi connectivity index (χ0) is 18.8. The van der Waals surface area contributed by atoms with Crippen LogP contribution in [0.4, 0.5) is 11.4 Å². The van der Waals surface area contributed by atoms with Crippen molar-refractivity contribution >= 4 is 11.4 Å². The summed E-state index contributed by atoms with van der Waals surface area (Å²) in [5.41, 5.74) is 15.8. The molecule has 0 aliphatic carbocycles. The molecule has 0 atom stereocenters. The molecule has 0 spiro atoms. The van der Waals surface area contributed by atoms with Crippen LogP contribution in [0.25, 0.3) is 0 Å². The molecule has 26 heavy (non-hydrogen) atoms. The van der Waals surface area contributed by atoms with Crippen molar-refractivity contribution in [2.75, 3.05) is 11.5 Å². The van der Waals surface area contributed by atoms with Crippen molar-refractivity contribution in [3.63, 3.8) is 0 Å². The molecule has 0 aliphatic rings. The lowest BCUT2D eigenvalue weighted by Crippen LogP contribution is -2.36. The molecule has 2 heterocycles. The quantitative estimate of drug-likeness (QED) is 0.474. The summed E-state index contributed by atoms with van der Waals surface area (Å²) in [6.45, 7) is 6.45. The van der Waals surface area contributed by atoms with Crippen molar-refractivity contribution in [2.24, 2.45) is 0 Å². The Bertz CT molecular complexity index is 622. The molecule has 0 saturated heterocycles. The first-order chi connectivity index (χ1) is 12.6. The molecule has 0 radical (unpaired) electrons. The second kappa shape index (κ2) is 10.8. The molecule has 4 N–H and O–H groups in total. The maximum atomic E-state index is 5.80. The zero-order valence-electron chi connectivity index (χ0n) is 16.6. The van der Waals surface area contributed by atoms with E-state index in [0.29, 0.717) is 0 Å². The van der Waals surface area contributed by atoms with E-state index < -0.39 is 0 Å². The minimum Gasteiger partial charge on any atom is -0.398 e. The minimum absolute atomic E-state index is 0.851. The number of pyridine rings is 2. The van der Waals surface area contributed by atoms with Gasteiger partial charge in [-0.25, -0.2) is 9.13 Å². The van der Waals surface area contributed by atoms with Crippen LogP contribution in [0, 0.1) is 13.8 Å². The summed E-state index contributed by atoms with van der Waals surface area (Å²) in [4.78, 5) is 0. The van der Waals surface area contributed by atoms with Crippen LogP contribution in [0.15, 0.2) is 36.7 Å². The van der Waals surface area contributed by atoms with Gasteiger partial charge in [0.1, 0.15) is 13.1 Å². The third-order valence-electron chi connectivity index (χ3n) is 5.10. The van der Waals surface area contributed by atoms with E-state index in [1.165, 1.54) is 62.8 Å². The molecule has 0 bridgehead atoms. The number of hydrogen-bond donors (Lipinski definition) is 2. The van der Waals surface area contributed by atoms with Crippen LogP contribution in [0.2, 0.25) is 0 Å². The average Bonchev–Trinajstić information content (AvgIpc) is 2.59. The molecule has 0 aliphatic heterocycles. The highest BCUT2D eigenvalue weighted by molar-refractivity contribution is 5.35. The van der Waals surface area contributed by atoms with Gasteiger partial charge >= 0.3 is 0 Å². The number of anilines is 2. The van der Waals surface area contributed by atoms with Gasteiger partial charge in [-0.1, -0.05) is 25.7 Å². The summed E-state index contributed by atoms with van der Waals surface area (Å²) in [5, 5.41) is 0. The average molecular weight is 357 g/mol. The van der Waals surface area contributed by atoms with Gasteiger partial charge in [-0.3, -0.25) is 0 Å². The Morgan fingerprint density at radius 2 is 0.962 bits per heavy atom. The van der Waals surface area contributed by atoms with Crippen molar-refractivity contribution in [3.8, 4) is 0 Å². The molecule has 0 amide bonds. The molecular formula is C22H36N4+2. The largest absolute Gasteiger partial charge is 0.398 e. The molecule has 2 rings (SSSR count). The Kier molecular flexibility index (Phi) is 8.39. The van der Waals surface area contributed by atoms with Crippen molar-refractivity contribution in [1.82, 2.24) is 0 Å². The zero-order valence-corrected chi connectivity index (χ0v) is 16.6. The van der Waals surface area contributed by atoms with Crippen molar-refractivity contribution in [1.29, 1.82) is 0 Å². The number of nitrogens with two attached hydrogens (primary N) is 2. The van der Waals surface area contributed by atoms with Crippen LogP contribution in [0.1, 0.15) is 62.8 Å². The second-order valence-corrected chi connectivity index (χ2v) is 7.42. The molecule has 2 aromatic heterocycles. The fourth-order valence-electron chi connectivity index (χ4n) is 3.46. The fraction of sp³-hybridized carbons (Fsp3) is 0.545. The molecule has 4 heteroatoms. The Morgan fingerprint density at radius 3 is 1.31 bits per heavy atom. The number of rotatable bonds is 11. The van der Waals surface area contributed by atoms with Gasteiger partial charge in [-0.05, 0) is 12.8 Å². The predicted molar refractivity (Wildman–Crippen MR) is 109 cm³/mol. The number of aryl methyl sites for hydroxylation is 4. The monoisotopic (exact) mass is 356 g/mol. The standard InChI is InChI=1S/C22H34N4/c1-19-17-21(23)11-15-25(19)13-9-7-5-3-4-6-8-10-14-26-16-12-22(24)18-20(26)2/h11-12,15-18,23-24H,3-10,13-14H2,1-2H3/p+2. The van der Waals surface area contributed by atoms with Gasteiger partial charge in [0.2, 0.25) is 0 Å². The van der Waals surface area contributed by atoms with Gasteiger partial charge in [0.15, 0.2) is 23.8 Å². The van der Waals surface area contributed by atoms with Gasteiger partial charge < -0.3 is 11.5 Å². The number of nitrogens with zero attached hydrogens (tertiary/aromatic N) is 2. The van der Waals surface area contributed by atoms with Crippen LogP contribution in [-0.2, 0) is 13.1 Å². The Hall–Kier alpha value is -2.10. The van der Waals surface area contributed by atoms with E-state index in [4.69, 9.17) is 11.5 Å². The predicted octanol–water partition coefficient (Wildman–Crippen LogP) is 3.86. The minimum atomic E-state index is 0.851. The highest BCUT2D eigenvalue weighted by Crippen LogP contribution is 2.09. The Labute approximate surface area is 158 Å². The van der Waals surface area contributed by atoms with E-state index in [1.54, 1.807) is 0 Å². The molecular weight excluding hydrogens is 320 g/mol. The van der Waals surface area contributed by atoms with Crippen LogP contribution < -0.4 is 20.6 Å². The van der Waals surface area contributed by atoms with Crippen molar-refractivity contribution < 1.29 is 9.13 Å². The van der Waals surface area contributed by atoms with Crippen molar-refractivity contribution in [3.05, 3.63) is 48.0 Å². The van der Waals surface area contributed by atoms with Gasteiger partial charge in [-0.15, -0.1) is 0 Å². The van der Waals surface area contributed by atoms with Gasteiger partial charge in [0.25, 0.3) is 0 Å². The summed E-state index contributed by atoms with van der Waals surface area (Å²) in [7, 11) is 0. The third kappa shape index (κ3) is 7.03. The lowest BCUT2D eigenvalue weighted by Gasteiger charge is -2.03. The number of hydrogen-bond acceptors (Lipinski definition) is 2. The van der Waals surface area contributed by atoms with E-state index in [9.17, 15) is 0 Å². The van der Waals surface area contributed by atoms with E-state index >= 15 is 0 Å². The van der Waals surface area contributed by atoms with E-state index in [1.807, 2.05) is 24.3 Å². The topological polar surface area (TPSA) is 59.8 Å². The van der Waals surface area contributed by atoms with E-state index in [0.717, 1.165) is 24.5 Å². The number of unbranched alkanes of at least 4 members (excludes halogenated alkanes) is 7. The summed E-state index contributed by atoms with van der Waals surface area (Å²) >= 11 is 0. The van der Waals surface area contributed by atoms with Crippen molar-refractivity contribution in [2.45, 2.75) is 78.3 Å². The second-order valence-electron chi connectivity index (χ2n) is 7.42. The van der Waals surface area contributed by atoms with Gasteiger partial charge in [0.05, 0.1) is 0 Å².